The summed E-state index contributed by atoms with van der Waals surface area (Å²) in [6, 6.07) is 27.7. The molecule has 3 N–H and O–H groups in total. The minimum absolute atomic E-state index is 0.322. The summed E-state index contributed by atoms with van der Waals surface area (Å²) in [6.45, 7) is 0. The number of hydrogen-bond donors (Lipinski definition) is 2. The van der Waals surface area contributed by atoms with Crippen molar-refractivity contribution in [2.24, 2.45) is 4.99 Å². The first-order valence-corrected chi connectivity index (χ1v) is 12.1. The van der Waals surface area contributed by atoms with Gasteiger partial charge in [0.05, 0.1) is 12.1 Å². The number of nitrogens with zero attached hydrogens (tertiary/aromatic N) is 1. The molecule has 0 radical (unpaired) electrons. The Balaban J connectivity index is 1.27. The van der Waals surface area contributed by atoms with E-state index in [1.54, 1.807) is 18.2 Å². The summed E-state index contributed by atoms with van der Waals surface area (Å²) in [5.41, 5.74) is 2.95. The number of halogens is 1. The zero-order valence-corrected chi connectivity index (χ0v) is 18.8. The van der Waals surface area contributed by atoms with Crippen LogP contribution < -0.4 is 14.8 Å². The fourth-order valence-corrected chi connectivity index (χ4v) is 4.79. The van der Waals surface area contributed by atoms with Crippen LogP contribution in [0.5, 0.6) is 11.5 Å². The van der Waals surface area contributed by atoms with Gasteiger partial charge in [0.15, 0.2) is 5.69 Å². The van der Waals surface area contributed by atoms with Gasteiger partial charge in [-0.05, 0) is 54.1 Å². The molecule has 0 aromatic heterocycles. The van der Waals surface area contributed by atoms with Gasteiger partial charge in [0.25, 0.3) is 10.0 Å². The van der Waals surface area contributed by atoms with Gasteiger partial charge in [-0.3, -0.25) is 10.0 Å². The molecule has 0 saturated carbocycles. The van der Waals surface area contributed by atoms with E-state index in [0.29, 0.717) is 17.8 Å². The van der Waals surface area contributed by atoms with Crippen molar-refractivity contribution in [1.29, 1.82) is 0 Å². The molecule has 0 bridgehead atoms. The van der Waals surface area contributed by atoms with E-state index >= 15 is 0 Å². The molecule has 8 heteroatoms. The second-order valence-corrected chi connectivity index (χ2v) is 9.44. The van der Waals surface area contributed by atoms with E-state index in [4.69, 9.17) is 4.74 Å². The molecule has 4 aromatic carbocycles. The lowest BCUT2D eigenvalue weighted by Crippen LogP contribution is -2.81. The van der Waals surface area contributed by atoms with Crippen molar-refractivity contribution in [2.45, 2.75) is 11.3 Å². The van der Waals surface area contributed by atoms with Crippen molar-refractivity contribution in [2.75, 3.05) is 4.72 Å². The lowest BCUT2D eigenvalue weighted by molar-refractivity contribution is -0.440. The molecule has 0 saturated heterocycles. The van der Waals surface area contributed by atoms with Gasteiger partial charge in [-0.15, -0.1) is 0 Å². The maximum absolute atomic E-state index is 13.9. The molecule has 0 aliphatic carbocycles. The van der Waals surface area contributed by atoms with Crippen LogP contribution in [0.15, 0.2) is 107 Å². The van der Waals surface area contributed by atoms with Crippen molar-refractivity contribution in [3.8, 4) is 11.5 Å². The lowest BCUT2D eigenvalue weighted by Gasteiger charge is -2.09. The van der Waals surface area contributed by atoms with Crippen LogP contribution in [0.25, 0.3) is 0 Å². The van der Waals surface area contributed by atoms with E-state index in [9.17, 15) is 12.8 Å². The molecule has 0 unspecified atom stereocenters. The van der Waals surface area contributed by atoms with Crippen LogP contribution >= 0.6 is 0 Å². The average Bonchev–Trinajstić information content (AvgIpc) is 3.22. The molecule has 0 amide bonds. The summed E-state index contributed by atoms with van der Waals surface area (Å²) in [5, 5.41) is 1.97. The van der Waals surface area contributed by atoms with Crippen LogP contribution in [-0.4, -0.2) is 14.3 Å². The van der Waals surface area contributed by atoms with E-state index in [1.807, 2.05) is 59.9 Å². The molecule has 4 aromatic rings. The van der Waals surface area contributed by atoms with Crippen LogP contribution in [0.4, 0.5) is 21.5 Å². The fraction of sp³-hybridized carbons (Fsp3) is 0.0385. The van der Waals surface area contributed by atoms with Crippen LogP contribution in [0.3, 0.4) is 0 Å². The summed E-state index contributed by atoms with van der Waals surface area (Å²) in [6.07, 6.45) is 0.622. The number of amidine groups is 1. The molecule has 0 fully saturated rings. The standard InChI is InChI=1S/C26H20FN3O3S/c27-22-8-4-5-9-25(22)34(31,32)30-19-12-15-23-24(17-19)29-26(28-23)16-18-10-13-21(14-11-18)33-20-6-2-1-3-7-20/h1-15,17,30H,16H2,(H,28,29)/p+1. The molecule has 34 heavy (non-hydrogen) atoms. The Labute approximate surface area is 196 Å². The highest BCUT2D eigenvalue weighted by molar-refractivity contribution is 7.92. The number of ether oxygens (including phenoxy) is 1. The lowest BCUT2D eigenvalue weighted by atomic mass is 10.1. The number of nitrogens with one attached hydrogen (secondary N) is 1. The van der Waals surface area contributed by atoms with E-state index in [0.717, 1.165) is 34.7 Å². The largest absolute Gasteiger partial charge is 0.457 e. The number of benzene rings is 4. The monoisotopic (exact) mass is 474 g/mol. The third kappa shape index (κ3) is 4.83. The van der Waals surface area contributed by atoms with E-state index in [2.05, 4.69) is 9.71 Å². The Morgan fingerprint density at radius 1 is 0.853 bits per heavy atom. The van der Waals surface area contributed by atoms with Gasteiger partial charge >= 0.3 is 0 Å². The molecule has 1 aliphatic rings. The zero-order valence-electron chi connectivity index (χ0n) is 18.0. The second-order valence-electron chi connectivity index (χ2n) is 7.79. The van der Waals surface area contributed by atoms with E-state index < -0.39 is 20.7 Å². The summed E-state index contributed by atoms with van der Waals surface area (Å²) in [7, 11) is -4.05. The number of quaternary nitrogens is 1. The number of fused-ring (bicyclic) bond motifs is 1. The molecule has 1 heterocycles. The van der Waals surface area contributed by atoms with E-state index in [1.165, 1.54) is 18.2 Å². The highest BCUT2D eigenvalue weighted by atomic mass is 32.2. The van der Waals surface area contributed by atoms with Gasteiger partial charge in [0, 0.05) is 6.07 Å². The highest BCUT2D eigenvalue weighted by Crippen LogP contribution is 2.30. The van der Waals surface area contributed by atoms with Gasteiger partial charge in [0.1, 0.15) is 27.9 Å². The zero-order chi connectivity index (χ0) is 23.5. The molecule has 5 rings (SSSR count). The number of nitrogens with two attached hydrogens (primary N) is 1. The molecule has 6 nitrogen and oxygen atoms in total. The first kappa shape index (κ1) is 21.8. The Kier molecular flexibility index (Phi) is 5.83. The average molecular weight is 475 g/mol. The van der Waals surface area contributed by atoms with Gasteiger partial charge in [0.2, 0.25) is 5.84 Å². The fourth-order valence-electron chi connectivity index (χ4n) is 3.66. The van der Waals surface area contributed by atoms with Crippen molar-refractivity contribution < 1.29 is 22.9 Å². The number of rotatable bonds is 7. The Morgan fingerprint density at radius 3 is 2.32 bits per heavy atom. The number of aliphatic imine (C=N–C) groups is 1. The smallest absolute Gasteiger partial charge is 0.264 e. The number of para-hydroxylation sites is 1. The van der Waals surface area contributed by atoms with Crippen molar-refractivity contribution in [3.05, 3.63) is 108 Å². The Bertz CT molecular complexity index is 1470. The van der Waals surface area contributed by atoms with Crippen molar-refractivity contribution in [1.82, 2.24) is 0 Å². The first-order chi connectivity index (χ1) is 16.5. The van der Waals surface area contributed by atoms with E-state index in [-0.39, 0.29) is 0 Å². The van der Waals surface area contributed by atoms with Gasteiger partial charge in [-0.2, -0.15) is 4.99 Å². The van der Waals surface area contributed by atoms with Gasteiger partial charge in [-0.1, -0.05) is 42.5 Å². The first-order valence-electron chi connectivity index (χ1n) is 10.6. The highest BCUT2D eigenvalue weighted by Gasteiger charge is 2.23. The van der Waals surface area contributed by atoms with Gasteiger partial charge < -0.3 is 4.74 Å². The van der Waals surface area contributed by atoms with Crippen molar-refractivity contribution in [3.63, 3.8) is 0 Å². The minimum atomic E-state index is -4.05. The predicted octanol–water partition coefficient (Wildman–Crippen LogP) is 4.90. The molecule has 0 atom stereocenters. The number of sulfonamides is 1. The van der Waals surface area contributed by atoms with Crippen LogP contribution in [0, 0.1) is 5.82 Å². The normalized spacial score (nSPS) is 12.7. The summed E-state index contributed by atoms with van der Waals surface area (Å²) in [5.74, 6) is 1.59. The van der Waals surface area contributed by atoms with Gasteiger partial charge in [-0.25, -0.2) is 12.8 Å². The summed E-state index contributed by atoms with van der Waals surface area (Å²) >= 11 is 0. The predicted molar refractivity (Wildman–Crippen MR) is 129 cm³/mol. The molecule has 0 spiro atoms. The Hall–Kier alpha value is -4.01. The molecular formula is C26H21FN3O3S+. The van der Waals surface area contributed by atoms with Crippen LogP contribution in [0.2, 0.25) is 0 Å². The van der Waals surface area contributed by atoms with Crippen LogP contribution in [0.1, 0.15) is 5.56 Å². The quantitative estimate of drug-likeness (QED) is 0.374. The molecule has 170 valence electrons. The Morgan fingerprint density at radius 2 is 1.56 bits per heavy atom. The third-order valence-corrected chi connectivity index (χ3v) is 6.70. The minimum Gasteiger partial charge on any atom is -0.457 e. The molecule has 1 aliphatic heterocycles. The third-order valence-electron chi connectivity index (χ3n) is 5.28. The SMILES string of the molecule is O=S(=O)(Nc1ccc2c(c1)N=C(Cc1ccc(Oc3ccccc3)cc1)[NH2+]2)c1ccccc1F. The maximum atomic E-state index is 13.9. The molecular weight excluding hydrogens is 453 g/mol. The second kappa shape index (κ2) is 9.09. The maximum Gasteiger partial charge on any atom is 0.264 e. The number of hydrogen-bond acceptors (Lipinski definition) is 4. The van der Waals surface area contributed by atoms with Crippen molar-refractivity contribution >= 4 is 32.9 Å². The number of anilines is 1. The van der Waals surface area contributed by atoms with Crippen LogP contribution in [-0.2, 0) is 16.4 Å². The summed E-state index contributed by atoms with van der Waals surface area (Å²) in [4.78, 5) is 4.24. The topological polar surface area (TPSA) is 84.4 Å². The summed E-state index contributed by atoms with van der Waals surface area (Å²) < 4.78 is 47.3.